The van der Waals surface area contributed by atoms with Gasteiger partial charge < -0.3 is 16.0 Å². The minimum absolute atomic E-state index is 0.0855. The molecule has 0 aliphatic carbocycles. The maximum Gasteiger partial charge on any atom is 0.228 e. The SMILES string of the molecule is CNCC(C)C(=O)Nc1ccc(NC(C)=O)c(Cl)c1. The number of carbonyl (C=O) groups is 2. The fraction of sp³-hybridized carbons (Fsp3) is 0.385. The maximum atomic E-state index is 11.8. The van der Waals surface area contributed by atoms with Crippen molar-refractivity contribution in [2.24, 2.45) is 5.92 Å². The molecule has 0 fully saturated rings. The van der Waals surface area contributed by atoms with E-state index in [2.05, 4.69) is 16.0 Å². The highest BCUT2D eigenvalue weighted by atomic mass is 35.5. The molecule has 0 saturated carbocycles. The van der Waals surface area contributed by atoms with E-state index in [1.165, 1.54) is 6.92 Å². The van der Waals surface area contributed by atoms with Crippen LogP contribution in [-0.2, 0) is 9.59 Å². The van der Waals surface area contributed by atoms with Crippen LogP contribution in [0.15, 0.2) is 18.2 Å². The normalized spacial score (nSPS) is 11.8. The average Bonchev–Trinajstić information content (AvgIpc) is 2.32. The van der Waals surface area contributed by atoms with Crippen molar-refractivity contribution in [2.75, 3.05) is 24.2 Å². The Labute approximate surface area is 117 Å². The number of nitrogens with one attached hydrogen (secondary N) is 3. The quantitative estimate of drug-likeness (QED) is 0.775. The molecule has 0 bridgehead atoms. The largest absolute Gasteiger partial charge is 0.326 e. The number of amides is 2. The molecule has 0 spiro atoms. The van der Waals surface area contributed by atoms with Crippen molar-refractivity contribution in [3.05, 3.63) is 23.2 Å². The zero-order valence-electron chi connectivity index (χ0n) is 11.2. The second kappa shape index (κ2) is 7.11. The first-order valence-corrected chi connectivity index (χ1v) is 6.34. The zero-order chi connectivity index (χ0) is 14.4. The van der Waals surface area contributed by atoms with Crippen LogP contribution < -0.4 is 16.0 Å². The first-order chi connectivity index (χ1) is 8.93. The van der Waals surface area contributed by atoms with E-state index in [4.69, 9.17) is 11.6 Å². The summed E-state index contributed by atoms with van der Waals surface area (Å²) in [4.78, 5) is 22.8. The third-order valence-corrected chi connectivity index (χ3v) is 2.82. The smallest absolute Gasteiger partial charge is 0.228 e. The topological polar surface area (TPSA) is 70.2 Å². The van der Waals surface area contributed by atoms with E-state index >= 15 is 0 Å². The molecule has 1 aromatic rings. The van der Waals surface area contributed by atoms with Crippen LogP contribution in [0.4, 0.5) is 11.4 Å². The molecule has 1 unspecified atom stereocenters. The van der Waals surface area contributed by atoms with Gasteiger partial charge >= 0.3 is 0 Å². The molecule has 1 aromatic carbocycles. The van der Waals surface area contributed by atoms with Crippen LogP contribution in [0.25, 0.3) is 0 Å². The van der Waals surface area contributed by atoms with Gasteiger partial charge in [-0.2, -0.15) is 0 Å². The Hall–Kier alpha value is -1.59. The Kier molecular flexibility index (Phi) is 5.79. The Morgan fingerprint density at radius 2 is 2.00 bits per heavy atom. The van der Waals surface area contributed by atoms with E-state index < -0.39 is 0 Å². The lowest BCUT2D eigenvalue weighted by atomic mass is 10.1. The molecule has 19 heavy (non-hydrogen) atoms. The Morgan fingerprint density at radius 1 is 1.32 bits per heavy atom. The van der Waals surface area contributed by atoms with Crippen molar-refractivity contribution in [1.82, 2.24) is 5.32 Å². The molecule has 2 amide bonds. The van der Waals surface area contributed by atoms with Gasteiger partial charge in [0.25, 0.3) is 0 Å². The highest BCUT2D eigenvalue weighted by molar-refractivity contribution is 6.34. The van der Waals surface area contributed by atoms with Gasteiger partial charge in [0.2, 0.25) is 11.8 Å². The highest BCUT2D eigenvalue weighted by Crippen LogP contribution is 2.25. The summed E-state index contributed by atoms with van der Waals surface area (Å²) in [5, 5.41) is 8.70. The van der Waals surface area contributed by atoms with E-state index in [0.717, 1.165) is 0 Å². The molecule has 3 N–H and O–H groups in total. The molecule has 104 valence electrons. The first kappa shape index (κ1) is 15.5. The summed E-state index contributed by atoms with van der Waals surface area (Å²) in [7, 11) is 1.79. The van der Waals surface area contributed by atoms with E-state index in [9.17, 15) is 9.59 Å². The van der Waals surface area contributed by atoms with Gasteiger partial charge in [0.1, 0.15) is 0 Å². The summed E-state index contributed by atoms with van der Waals surface area (Å²) >= 11 is 6.02. The number of hydrogen-bond donors (Lipinski definition) is 3. The van der Waals surface area contributed by atoms with E-state index in [-0.39, 0.29) is 17.7 Å². The first-order valence-electron chi connectivity index (χ1n) is 5.96. The van der Waals surface area contributed by atoms with Gasteiger partial charge in [0, 0.05) is 25.1 Å². The van der Waals surface area contributed by atoms with Crippen molar-refractivity contribution in [3.8, 4) is 0 Å². The van der Waals surface area contributed by atoms with Crippen molar-refractivity contribution < 1.29 is 9.59 Å². The summed E-state index contributed by atoms with van der Waals surface area (Å²) in [6.45, 7) is 3.84. The van der Waals surface area contributed by atoms with E-state index in [1.54, 1.807) is 25.2 Å². The van der Waals surface area contributed by atoms with Gasteiger partial charge in [-0.3, -0.25) is 9.59 Å². The fourth-order valence-electron chi connectivity index (χ4n) is 1.55. The summed E-state index contributed by atoms with van der Waals surface area (Å²) in [6.07, 6.45) is 0. The molecule has 0 heterocycles. The van der Waals surface area contributed by atoms with Crippen LogP contribution in [0.5, 0.6) is 0 Å². The summed E-state index contributed by atoms with van der Waals surface area (Å²) < 4.78 is 0. The van der Waals surface area contributed by atoms with Crippen LogP contribution in [-0.4, -0.2) is 25.4 Å². The van der Waals surface area contributed by atoms with Gasteiger partial charge in [-0.15, -0.1) is 0 Å². The zero-order valence-corrected chi connectivity index (χ0v) is 12.0. The molecule has 1 atom stereocenters. The summed E-state index contributed by atoms with van der Waals surface area (Å²) in [5.41, 5.74) is 1.13. The Bertz CT molecular complexity index is 477. The highest BCUT2D eigenvalue weighted by Gasteiger charge is 2.12. The minimum atomic E-state index is -0.193. The second-order valence-electron chi connectivity index (χ2n) is 4.32. The van der Waals surface area contributed by atoms with Crippen LogP contribution in [0.1, 0.15) is 13.8 Å². The van der Waals surface area contributed by atoms with E-state index in [1.807, 2.05) is 6.92 Å². The van der Waals surface area contributed by atoms with Gasteiger partial charge in [-0.25, -0.2) is 0 Å². The third-order valence-electron chi connectivity index (χ3n) is 2.51. The average molecular weight is 284 g/mol. The van der Waals surface area contributed by atoms with Gasteiger partial charge in [0.15, 0.2) is 0 Å². The minimum Gasteiger partial charge on any atom is -0.326 e. The molecular formula is C13H18ClN3O2. The number of benzene rings is 1. The molecule has 1 rings (SSSR count). The summed E-state index contributed by atoms with van der Waals surface area (Å²) in [5.74, 6) is -0.419. The molecule has 0 saturated heterocycles. The number of anilines is 2. The second-order valence-corrected chi connectivity index (χ2v) is 4.73. The van der Waals surface area contributed by atoms with Gasteiger partial charge in [-0.05, 0) is 25.2 Å². The maximum absolute atomic E-state index is 11.8. The standard InChI is InChI=1S/C13H18ClN3O2/c1-8(7-15-3)13(19)17-10-4-5-12(11(14)6-10)16-9(2)18/h4-6,8,15H,7H2,1-3H3,(H,16,18)(H,17,19). The molecule has 5 nitrogen and oxygen atoms in total. The fourth-order valence-corrected chi connectivity index (χ4v) is 1.78. The number of hydrogen-bond acceptors (Lipinski definition) is 3. The molecule has 0 aliphatic rings. The van der Waals surface area contributed by atoms with Crippen LogP contribution >= 0.6 is 11.6 Å². The lowest BCUT2D eigenvalue weighted by Crippen LogP contribution is -2.28. The monoisotopic (exact) mass is 283 g/mol. The van der Waals surface area contributed by atoms with Gasteiger partial charge in [-0.1, -0.05) is 18.5 Å². The number of carbonyl (C=O) groups excluding carboxylic acids is 2. The van der Waals surface area contributed by atoms with Crippen LogP contribution in [0.2, 0.25) is 5.02 Å². The van der Waals surface area contributed by atoms with Crippen molar-refractivity contribution in [2.45, 2.75) is 13.8 Å². The van der Waals surface area contributed by atoms with Crippen LogP contribution in [0.3, 0.4) is 0 Å². The molecule has 0 aliphatic heterocycles. The van der Waals surface area contributed by atoms with Gasteiger partial charge in [0.05, 0.1) is 10.7 Å². The Morgan fingerprint density at radius 3 is 2.53 bits per heavy atom. The lowest BCUT2D eigenvalue weighted by Gasteiger charge is -2.13. The predicted molar refractivity (Wildman–Crippen MR) is 77.5 cm³/mol. The van der Waals surface area contributed by atoms with Crippen molar-refractivity contribution in [1.29, 1.82) is 0 Å². The predicted octanol–water partition coefficient (Wildman–Crippen LogP) is 2.09. The number of halogens is 1. The lowest BCUT2D eigenvalue weighted by molar-refractivity contribution is -0.119. The molecule has 6 heteroatoms. The van der Waals surface area contributed by atoms with E-state index in [0.29, 0.717) is 22.9 Å². The third kappa shape index (κ3) is 4.89. The van der Waals surface area contributed by atoms with Crippen LogP contribution in [0, 0.1) is 5.92 Å². The molecule has 0 radical (unpaired) electrons. The Balaban J connectivity index is 2.73. The van der Waals surface area contributed by atoms with Crippen molar-refractivity contribution >= 4 is 34.8 Å². The molecular weight excluding hydrogens is 266 g/mol. The molecule has 0 aromatic heterocycles. The number of rotatable bonds is 5. The summed E-state index contributed by atoms with van der Waals surface area (Å²) in [6, 6.07) is 4.96. The van der Waals surface area contributed by atoms with Crippen molar-refractivity contribution in [3.63, 3.8) is 0 Å².